The van der Waals surface area contributed by atoms with Gasteiger partial charge < -0.3 is 15.0 Å². The van der Waals surface area contributed by atoms with Crippen LogP contribution in [-0.4, -0.2) is 25.9 Å². The monoisotopic (exact) mass is 263 g/mol. The van der Waals surface area contributed by atoms with E-state index in [-0.39, 0.29) is 17.1 Å². The first kappa shape index (κ1) is 14.0. The number of hydrogen-bond donors (Lipinski definition) is 1. The van der Waals surface area contributed by atoms with Crippen molar-refractivity contribution in [2.75, 3.05) is 5.73 Å². The van der Waals surface area contributed by atoms with Crippen LogP contribution in [0.1, 0.15) is 13.8 Å². The van der Waals surface area contributed by atoms with E-state index in [9.17, 15) is 13.2 Å². The summed E-state index contributed by atoms with van der Waals surface area (Å²) in [4.78, 5) is 10.8. The predicted molar refractivity (Wildman–Crippen MR) is 58.7 cm³/mol. The molecule has 9 heteroatoms. The van der Waals surface area contributed by atoms with E-state index in [2.05, 4.69) is 19.7 Å². The molecule has 0 aliphatic carbocycles. The first-order chi connectivity index (χ1) is 8.37. The predicted octanol–water partition coefficient (Wildman–Crippen LogP) is 1.87. The van der Waals surface area contributed by atoms with Gasteiger partial charge in [0.05, 0.1) is 6.33 Å². The van der Waals surface area contributed by atoms with Gasteiger partial charge in [0, 0.05) is 7.05 Å². The zero-order valence-electron chi connectivity index (χ0n) is 9.99. The van der Waals surface area contributed by atoms with E-state index in [0.717, 1.165) is 0 Å². The number of anilines is 1. The molecule has 2 aromatic heterocycles. The van der Waals surface area contributed by atoms with Crippen LogP contribution in [0.25, 0.3) is 11.2 Å². The number of rotatable bonds is 1. The number of fused-ring (bicyclic) bond motifs is 1. The number of nitrogens with zero attached hydrogens (tertiary/aromatic N) is 4. The van der Waals surface area contributed by atoms with Gasteiger partial charge in [0.15, 0.2) is 11.2 Å². The number of aryl methyl sites for hydroxylation is 1. The molecule has 0 amide bonds. The maximum Gasteiger partial charge on any atom is 0.574 e. The zero-order chi connectivity index (χ0) is 13.9. The number of halogens is 3. The van der Waals surface area contributed by atoms with Crippen LogP contribution in [0.2, 0.25) is 0 Å². The molecule has 0 unspecified atom stereocenters. The van der Waals surface area contributed by atoms with E-state index in [1.807, 2.05) is 13.8 Å². The van der Waals surface area contributed by atoms with Gasteiger partial charge in [0.25, 0.3) is 5.88 Å². The van der Waals surface area contributed by atoms with Gasteiger partial charge in [0.1, 0.15) is 0 Å². The minimum Gasteiger partial charge on any atom is -0.385 e. The molecule has 6 nitrogen and oxygen atoms in total. The molecule has 0 radical (unpaired) electrons. The summed E-state index contributed by atoms with van der Waals surface area (Å²) in [6.07, 6.45) is -3.55. The van der Waals surface area contributed by atoms with E-state index in [4.69, 9.17) is 5.73 Å². The highest BCUT2D eigenvalue weighted by atomic mass is 19.4. The van der Waals surface area contributed by atoms with Crippen molar-refractivity contribution in [1.29, 1.82) is 0 Å². The largest absolute Gasteiger partial charge is 0.574 e. The quantitative estimate of drug-likeness (QED) is 0.849. The summed E-state index contributed by atoms with van der Waals surface area (Å²) in [5, 5.41) is 0. The van der Waals surface area contributed by atoms with E-state index in [0.29, 0.717) is 0 Å². The van der Waals surface area contributed by atoms with E-state index >= 15 is 0 Å². The molecule has 0 spiro atoms. The fourth-order valence-corrected chi connectivity index (χ4v) is 1.18. The Labute approximate surface area is 101 Å². The summed E-state index contributed by atoms with van der Waals surface area (Å²) in [5.74, 6) is -1.01. The van der Waals surface area contributed by atoms with Crippen LogP contribution in [-0.2, 0) is 7.05 Å². The van der Waals surface area contributed by atoms with Crippen molar-refractivity contribution in [1.82, 2.24) is 19.5 Å². The number of hydrogen-bond acceptors (Lipinski definition) is 5. The lowest BCUT2D eigenvalue weighted by atomic mass is 10.5. The number of nitrogen functional groups attached to an aromatic ring is 1. The van der Waals surface area contributed by atoms with Crippen LogP contribution in [0.3, 0.4) is 0 Å². The molecule has 0 atom stereocenters. The van der Waals surface area contributed by atoms with Crippen LogP contribution >= 0.6 is 0 Å². The van der Waals surface area contributed by atoms with Gasteiger partial charge in [-0.05, 0) is 0 Å². The van der Waals surface area contributed by atoms with Gasteiger partial charge in [-0.15, -0.1) is 13.2 Å². The Bertz CT molecular complexity index is 537. The van der Waals surface area contributed by atoms with Crippen LogP contribution in [0.4, 0.5) is 19.1 Å². The summed E-state index contributed by atoms with van der Waals surface area (Å²) in [6.45, 7) is 4.00. The molecule has 0 aliphatic rings. The maximum absolute atomic E-state index is 12.0. The van der Waals surface area contributed by atoms with Gasteiger partial charge in [-0.3, -0.25) is 0 Å². The third-order valence-electron chi connectivity index (χ3n) is 1.76. The molecule has 0 aliphatic heterocycles. The Balaban J connectivity index is 0.000000771. The molecule has 0 aromatic carbocycles. The Kier molecular flexibility index (Phi) is 3.94. The maximum atomic E-state index is 12.0. The summed E-state index contributed by atoms with van der Waals surface area (Å²) >= 11 is 0. The second-order valence-corrected chi connectivity index (χ2v) is 2.96. The van der Waals surface area contributed by atoms with Gasteiger partial charge >= 0.3 is 6.36 Å². The fraction of sp³-hybridized carbons (Fsp3) is 0.444. The molecule has 100 valence electrons. The number of imidazole rings is 1. The van der Waals surface area contributed by atoms with Crippen molar-refractivity contribution in [3.63, 3.8) is 0 Å². The SMILES string of the molecule is CC.Cn1cnc2c(OC(F)(F)F)nc(N)nc21. The molecule has 0 saturated heterocycles. The lowest BCUT2D eigenvalue weighted by Gasteiger charge is -2.08. The Hall–Kier alpha value is -2.06. The summed E-state index contributed by atoms with van der Waals surface area (Å²) in [5.41, 5.74) is 5.34. The fourth-order valence-electron chi connectivity index (χ4n) is 1.18. The highest BCUT2D eigenvalue weighted by Crippen LogP contribution is 2.27. The molecule has 2 N–H and O–H groups in total. The molecule has 2 heterocycles. The van der Waals surface area contributed by atoms with Crippen LogP contribution in [0.5, 0.6) is 5.88 Å². The number of alkyl halides is 3. The van der Waals surface area contributed by atoms with Crippen LogP contribution in [0, 0.1) is 0 Å². The molecule has 0 bridgehead atoms. The smallest absolute Gasteiger partial charge is 0.385 e. The lowest BCUT2D eigenvalue weighted by Crippen LogP contribution is -2.18. The third kappa shape index (κ3) is 2.99. The zero-order valence-corrected chi connectivity index (χ0v) is 9.99. The molecular formula is C9H12F3N5O. The van der Waals surface area contributed by atoms with E-state index in [1.165, 1.54) is 10.9 Å². The summed E-state index contributed by atoms with van der Waals surface area (Å²) < 4.78 is 41.3. The average molecular weight is 263 g/mol. The summed E-state index contributed by atoms with van der Waals surface area (Å²) in [6, 6.07) is 0. The van der Waals surface area contributed by atoms with Gasteiger partial charge in [-0.25, -0.2) is 4.98 Å². The summed E-state index contributed by atoms with van der Waals surface area (Å²) in [7, 11) is 1.57. The lowest BCUT2D eigenvalue weighted by molar-refractivity contribution is -0.275. The standard InChI is InChI=1S/C7H6F3N5O.C2H6/c1-15-2-12-3-4(15)13-6(11)14-5(3)16-7(8,9)10;1-2/h2H,1H3,(H2,11,13,14);1-2H3. The first-order valence-electron chi connectivity index (χ1n) is 5.07. The first-order valence-corrected chi connectivity index (χ1v) is 5.07. The Morgan fingerprint density at radius 3 is 2.44 bits per heavy atom. The topological polar surface area (TPSA) is 78.8 Å². The van der Waals surface area contributed by atoms with Crippen LogP contribution < -0.4 is 10.5 Å². The highest BCUT2D eigenvalue weighted by molar-refractivity contribution is 5.77. The third-order valence-corrected chi connectivity index (χ3v) is 1.76. The molecule has 2 aromatic rings. The van der Waals surface area contributed by atoms with E-state index in [1.54, 1.807) is 7.05 Å². The van der Waals surface area contributed by atoms with Crippen molar-refractivity contribution >= 4 is 17.1 Å². The normalized spacial score (nSPS) is 11.0. The molecule has 2 rings (SSSR count). The number of aromatic nitrogens is 4. The van der Waals surface area contributed by atoms with Crippen molar-refractivity contribution in [3.05, 3.63) is 6.33 Å². The molecule has 0 fully saturated rings. The van der Waals surface area contributed by atoms with Crippen molar-refractivity contribution in [2.24, 2.45) is 7.05 Å². The van der Waals surface area contributed by atoms with E-state index < -0.39 is 12.2 Å². The van der Waals surface area contributed by atoms with Crippen molar-refractivity contribution < 1.29 is 17.9 Å². The van der Waals surface area contributed by atoms with Crippen molar-refractivity contribution in [3.8, 4) is 5.88 Å². The second kappa shape index (κ2) is 5.07. The van der Waals surface area contributed by atoms with Gasteiger partial charge in [-0.2, -0.15) is 9.97 Å². The van der Waals surface area contributed by atoms with Crippen molar-refractivity contribution in [2.45, 2.75) is 20.2 Å². The minimum atomic E-state index is -4.84. The Morgan fingerprint density at radius 2 is 1.89 bits per heavy atom. The van der Waals surface area contributed by atoms with Gasteiger partial charge in [-0.1, -0.05) is 13.8 Å². The molecule has 18 heavy (non-hydrogen) atoms. The minimum absolute atomic E-state index is 0.0889. The van der Waals surface area contributed by atoms with Crippen LogP contribution in [0.15, 0.2) is 6.33 Å². The Morgan fingerprint density at radius 1 is 1.28 bits per heavy atom. The second-order valence-electron chi connectivity index (χ2n) is 2.96. The molecule has 0 saturated carbocycles. The van der Waals surface area contributed by atoms with Gasteiger partial charge in [0.2, 0.25) is 5.95 Å². The number of ether oxygens (including phenoxy) is 1. The average Bonchev–Trinajstić information content (AvgIpc) is 2.61. The number of nitrogens with two attached hydrogens (primary N) is 1. The molecular weight excluding hydrogens is 251 g/mol. The highest BCUT2D eigenvalue weighted by Gasteiger charge is 2.33.